The molecule has 0 aromatic carbocycles. The highest BCUT2D eigenvalue weighted by molar-refractivity contribution is 5.92. The molecule has 0 spiro atoms. The fraction of sp³-hybridized carbons (Fsp3) is 0.550. The molecule has 3 heterocycles. The lowest BCUT2D eigenvalue weighted by molar-refractivity contribution is 0.0748. The van der Waals surface area contributed by atoms with Gasteiger partial charge in [-0.1, -0.05) is 5.16 Å². The third kappa shape index (κ3) is 4.54. The number of aryl methyl sites for hydroxylation is 1. The first-order chi connectivity index (χ1) is 13.1. The van der Waals surface area contributed by atoms with Crippen molar-refractivity contribution in [2.75, 3.05) is 13.1 Å². The van der Waals surface area contributed by atoms with Crippen molar-refractivity contribution in [2.45, 2.75) is 51.3 Å². The van der Waals surface area contributed by atoms with Gasteiger partial charge in [-0.25, -0.2) is 0 Å². The van der Waals surface area contributed by atoms with Crippen LogP contribution in [0.5, 0.6) is 0 Å². The van der Waals surface area contributed by atoms with Crippen molar-refractivity contribution in [2.24, 2.45) is 5.92 Å². The van der Waals surface area contributed by atoms with Gasteiger partial charge in [0.25, 0.3) is 5.91 Å². The molecule has 1 amide bonds. The lowest BCUT2D eigenvalue weighted by Gasteiger charge is -2.28. The van der Waals surface area contributed by atoms with Crippen molar-refractivity contribution < 1.29 is 14.4 Å². The molecule has 0 radical (unpaired) electrons. The topological polar surface area (TPSA) is 91.5 Å². The zero-order valence-corrected chi connectivity index (χ0v) is 15.6. The maximum Gasteiger partial charge on any atom is 0.274 e. The third-order valence-electron chi connectivity index (χ3n) is 5.36. The van der Waals surface area contributed by atoms with E-state index in [0.717, 1.165) is 50.0 Å². The Morgan fingerprint density at radius 3 is 2.81 bits per heavy atom. The fourth-order valence-corrected chi connectivity index (χ4v) is 3.60. The van der Waals surface area contributed by atoms with Gasteiger partial charge in [0.2, 0.25) is 0 Å². The molecule has 1 aliphatic carbocycles. The molecule has 2 fully saturated rings. The first-order valence-corrected chi connectivity index (χ1v) is 9.68. The van der Waals surface area contributed by atoms with E-state index in [1.165, 1.54) is 0 Å². The Balaban J connectivity index is 1.39. The number of aromatic nitrogens is 2. The molecule has 144 valence electrons. The van der Waals surface area contributed by atoms with E-state index in [1.54, 1.807) is 12.3 Å². The van der Waals surface area contributed by atoms with E-state index in [1.807, 2.05) is 19.1 Å². The maximum absolute atomic E-state index is 12.7. The van der Waals surface area contributed by atoms with Gasteiger partial charge < -0.3 is 14.9 Å². The fourth-order valence-electron chi connectivity index (χ4n) is 3.60. The molecule has 7 nitrogen and oxygen atoms in total. The molecular formula is C20H26N4O3. The molecular weight excluding hydrogens is 344 g/mol. The third-order valence-corrected chi connectivity index (χ3v) is 5.36. The van der Waals surface area contributed by atoms with Crippen LogP contribution in [0.15, 0.2) is 28.9 Å². The van der Waals surface area contributed by atoms with Gasteiger partial charge in [-0.2, -0.15) is 0 Å². The van der Waals surface area contributed by atoms with Crippen molar-refractivity contribution in [3.8, 4) is 0 Å². The highest BCUT2D eigenvalue weighted by Gasteiger charge is 2.35. The Morgan fingerprint density at radius 2 is 2.11 bits per heavy atom. The van der Waals surface area contributed by atoms with Gasteiger partial charge in [0.1, 0.15) is 0 Å². The first-order valence-electron chi connectivity index (χ1n) is 9.68. The van der Waals surface area contributed by atoms with E-state index in [9.17, 15) is 9.90 Å². The number of nitrogens with one attached hydrogen (secondary N) is 1. The van der Waals surface area contributed by atoms with Gasteiger partial charge in [0.05, 0.1) is 24.4 Å². The van der Waals surface area contributed by atoms with Crippen LogP contribution in [-0.2, 0) is 6.54 Å². The summed E-state index contributed by atoms with van der Waals surface area (Å²) in [5.74, 6) is 0.891. The zero-order chi connectivity index (χ0) is 18.8. The van der Waals surface area contributed by atoms with Crippen LogP contribution in [-0.4, -0.2) is 45.2 Å². The van der Waals surface area contributed by atoms with Gasteiger partial charge in [-0.15, -0.1) is 0 Å². The van der Waals surface area contributed by atoms with Gasteiger partial charge in [0, 0.05) is 25.4 Å². The van der Waals surface area contributed by atoms with Crippen LogP contribution in [0.1, 0.15) is 59.2 Å². The van der Waals surface area contributed by atoms with E-state index >= 15 is 0 Å². The van der Waals surface area contributed by atoms with E-state index in [2.05, 4.69) is 20.4 Å². The molecule has 1 atom stereocenters. The summed E-state index contributed by atoms with van der Waals surface area (Å²) in [4.78, 5) is 19.3. The van der Waals surface area contributed by atoms with Crippen LogP contribution in [0.4, 0.5) is 0 Å². The van der Waals surface area contributed by atoms with Crippen LogP contribution in [0.2, 0.25) is 0 Å². The summed E-state index contributed by atoms with van der Waals surface area (Å²) < 4.78 is 5.37. The minimum Gasteiger partial charge on any atom is -0.393 e. The maximum atomic E-state index is 12.7. The number of nitrogens with zero attached hydrogens (tertiary/aromatic N) is 3. The normalized spacial score (nSPS) is 19.8. The number of rotatable bonds is 6. The Bertz CT molecular complexity index is 794. The smallest absolute Gasteiger partial charge is 0.274 e. The van der Waals surface area contributed by atoms with Crippen molar-refractivity contribution >= 4 is 5.91 Å². The standard InChI is InChI=1S/C20H26N4O3/c1-13-4-7-21-17(10-13)19(14-2-3-14)22-20(26)18-11-16(27-23-18)12-24-8-5-15(25)6-9-24/h4,7,10-11,14-15,19,25H,2-3,5-6,8-9,12H2,1H3,(H,22,26)/t19-/m1/s1. The van der Waals surface area contributed by atoms with Crippen LogP contribution >= 0.6 is 0 Å². The van der Waals surface area contributed by atoms with Crippen LogP contribution in [0, 0.1) is 12.8 Å². The van der Waals surface area contributed by atoms with Crippen molar-refractivity contribution in [3.05, 3.63) is 47.1 Å². The van der Waals surface area contributed by atoms with Gasteiger partial charge in [0.15, 0.2) is 11.5 Å². The average Bonchev–Trinajstić information content (AvgIpc) is 3.39. The minimum absolute atomic E-state index is 0.0823. The van der Waals surface area contributed by atoms with Gasteiger partial charge >= 0.3 is 0 Å². The van der Waals surface area contributed by atoms with E-state index in [4.69, 9.17) is 4.52 Å². The number of likely N-dealkylation sites (tertiary alicyclic amines) is 1. The summed E-state index contributed by atoms with van der Waals surface area (Å²) in [6.07, 6.45) is 5.33. The van der Waals surface area contributed by atoms with E-state index in [0.29, 0.717) is 23.9 Å². The van der Waals surface area contributed by atoms with Crippen LogP contribution in [0.3, 0.4) is 0 Å². The second-order valence-electron chi connectivity index (χ2n) is 7.73. The van der Waals surface area contributed by atoms with Gasteiger partial charge in [-0.3, -0.25) is 14.7 Å². The Kier molecular flexibility index (Phi) is 5.22. The lowest BCUT2D eigenvalue weighted by Crippen LogP contribution is -2.35. The first kappa shape index (κ1) is 18.1. The van der Waals surface area contributed by atoms with E-state index in [-0.39, 0.29) is 18.1 Å². The molecule has 0 unspecified atom stereocenters. The molecule has 2 N–H and O–H groups in total. The minimum atomic E-state index is -0.223. The quantitative estimate of drug-likeness (QED) is 0.810. The molecule has 1 saturated heterocycles. The summed E-state index contributed by atoms with van der Waals surface area (Å²) >= 11 is 0. The SMILES string of the molecule is Cc1ccnc([C@H](NC(=O)c2cc(CN3CCC(O)CC3)on2)C2CC2)c1. The van der Waals surface area contributed by atoms with Crippen LogP contribution in [0.25, 0.3) is 0 Å². The number of aliphatic hydroxyl groups excluding tert-OH is 1. The number of pyridine rings is 1. The summed E-state index contributed by atoms with van der Waals surface area (Å²) in [5, 5.41) is 16.6. The summed E-state index contributed by atoms with van der Waals surface area (Å²) in [6.45, 7) is 4.29. The molecule has 2 aromatic rings. The summed E-state index contributed by atoms with van der Waals surface area (Å²) in [5.41, 5.74) is 2.34. The van der Waals surface area contributed by atoms with Crippen LogP contribution < -0.4 is 5.32 Å². The Hall–Kier alpha value is -2.25. The predicted octanol–water partition coefficient (Wildman–Crippen LogP) is 2.22. The highest BCUT2D eigenvalue weighted by Crippen LogP contribution is 2.40. The van der Waals surface area contributed by atoms with Crippen molar-refractivity contribution in [1.29, 1.82) is 0 Å². The molecule has 27 heavy (non-hydrogen) atoms. The predicted molar refractivity (Wildman–Crippen MR) is 98.9 cm³/mol. The average molecular weight is 370 g/mol. The molecule has 0 bridgehead atoms. The second kappa shape index (κ2) is 7.78. The molecule has 1 saturated carbocycles. The molecule has 2 aliphatic rings. The molecule has 1 aliphatic heterocycles. The number of piperidine rings is 1. The number of carbonyl (C=O) groups is 1. The number of aliphatic hydroxyl groups is 1. The molecule has 7 heteroatoms. The summed E-state index contributed by atoms with van der Waals surface area (Å²) in [7, 11) is 0. The highest BCUT2D eigenvalue weighted by atomic mass is 16.5. The number of hydrogen-bond acceptors (Lipinski definition) is 6. The Morgan fingerprint density at radius 1 is 1.33 bits per heavy atom. The number of hydrogen-bond donors (Lipinski definition) is 2. The van der Waals surface area contributed by atoms with E-state index < -0.39 is 0 Å². The van der Waals surface area contributed by atoms with Gasteiger partial charge in [-0.05, 0) is 56.2 Å². The molecule has 4 rings (SSSR count). The van der Waals surface area contributed by atoms with Crippen molar-refractivity contribution in [3.63, 3.8) is 0 Å². The van der Waals surface area contributed by atoms with Crippen molar-refractivity contribution in [1.82, 2.24) is 20.4 Å². The number of amides is 1. The zero-order valence-electron chi connectivity index (χ0n) is 15.6. The molecule has 2 aromatic heterocycles. The lowest BCUT2D eigenvalue weighted by atomic mass is 10.1. The Labute approximate surface area is 158 Å². The second-order valence-corrected chi connectivity index (χ2v) is 7.73. The largest absolute Gasteiger partial charge is 0.393 e. The summed E-state index contributed by atoms with van der Waals surface area (Å²) in [6, 6.07) is 5.62. The monoisotopic (exact) mass is 370 g/mol. The number of carbonyl (C=O) groups excluding carboxylic acids is 1.